The first-order valence-electron chi connectivity index (χ1n) is 3.68. The second-order valence-electron chi connectivity index (χ2n) is 2.25. The number of hydrogen-bond acceptors (Lipinski definition) is 1. The minimum Gasteiger partial charge on any atom is -0.261 e. The molecule has 0 atom stereocenters. The Balaban J connectivity index is 2.72. The Morgan fingerprint density at radius 1 is 1.20 bits per heavy atom. The third kappa shape index (κ3) is 8.25. The topological polar surface area (TPSA) is 12.0 Å². The lowest BCUT2D eigenvalue weighted by molar-refractivity contribution is 0.651. The molecule has 0 aliphatic heterocycles. The van der Waals surface area contributed by atoms with E-state index in [1.54, 1.807) is 0 Å². The SMILES string of the molecule is C#CCCCCCCNI. The largest absolute Gasteiger partial charge is 0.261 e. The fraction of sp³-hybridized carbons (Fsp3) is 0.750. The Morgan fingerprint density at radius 2 is 1.90 bits per heavy atom. The van der Waals surface area contributed by atoms with E-state index in [2.05, 4.69) is 32.3 Å². The van der Waals surface area contributed by atoms with Crippen molar-refractivity contribution in [1.82, 2.24) is 3.53 Å². The molecule has 0 bridgehead atoms. The van der Waals surface area contributed by atoms with E-state index in [1.807, 2.05) is 0 Å². The van der Waals surface area contributed by atoms with Gasteiger partial charge in [0.1, 0.15) is 0 Å². The molecule has 0 saturated heterocycles. The van der Waals surface area contributed by atoms with E-state index < -0.39 is 0 Å². The molecule has 0 rings (SSSR count). The van der Waals surface area contributed by atoms with Crippen molar-refractivity contribution in [3.63, 3.8) is 0 Å². The van der Waals surface area contributed by atoms with Crippen molar-refractivity contribution in [2.75, 3.05) is 6.54 Å². The fourth-order valence-corrected chi connectivity index (χ4v) is 1.15. The maximum Gasteiger partial charge on any atom is 0.0169 e. The highest BCUT2D eigenvalue weighted by Gasteiger charge is 1.86. The van der Waals surface area contributed by atoms with Gasteiger partial charge in [-0.2, -0.15) is 0 Å². The molecule has 0 unspecified atom stereocenters. The lowest BCUT2D eigenvalue weighted by Gasteiger charge is -1.96. The van der Waals surface area contributed by atoms with E-state index in [0.29, 0.717) is 0 Å². The maximum atomic E-state index is 5.11. The molecule has 0 radical (unpaired) electrons. The molecule has 58 valence electrons. The summed E-state index contributed by atoms with van der Waals surface area (Å²) >= 11 is 2.17. The van der Waals surface area contributed by atoms with Crippen LogP contribution in [0.25, 0.3) is 0 Å². The minimum atomic E-state index is 0.942. The van der Waals surface area contributed by atoms with Crippen LogP contribution in [0.3, 0.4) is 0 Å². The normalized spacial score (nSPS) is 9.20. The minimum absolute atomic E-state index is 0.942. The van der Waals surface area contributed by atoms with Crippen LogP contribution in [-0.2, 0) is 0 Å². The first kappa shape index (κ1) is 10.2. The van der Waals surface area contributed by atoms with Crippen LogP contribution >= 0.6 is 22.9 Å². The predicted octanol–water partition coefficient (Wildman–Crippen LogP) is 2.51. The molecule has 0 aromatic carbocycles. The zero-order valence-electron chi connectivity index (χ0n) is 6.20. The lowest BCUT2D eigenvalue weighted by Crippen LogP contribution is -1.98. The summed E-state index contributed by atoms with van der Waals surface area (Å²) in [6, 6.07) is 0. The van der Waals surface area contributed by atoms with Gasteiger partial charge in [-0.25, -0.2) is 0 Å². The van der Waals surface area contributed by atoms with Gasteiger partial charge in [0.15, 0.2) is 0 Å². The van der Waals surface area contributed by atoms with Crippen LogP contribution in [0.4, 0.5) is 0 Å². The first-order valence-corrected chi connectivity index (χ1v) is 4.76. The number of terminal acetylenes is 1. The fourth-order valence-electron chi connectivity index (χ4n) is 0.772. The lowest BCUT2D eigenvalue weighted by atomic mass is 10.1. The highest BCUT2D eigenvalue weighted by atomic mass is 127. The molecule has 0 saturated carbocycles. The Bertz CT molecular complexity index is 95.9. The first-order chi connectivity index (χ1) is 4.91. The number of nitrogens with one attached hydrogen (secondary N) is 1. The van der Waals surface area contributed by atoms with E-state index in [1.165, 1.54) is 25.7 Å². The molecule has 0 heterocycles. The molecule has 0 amide bonds. The third-order valence-electron chi connectivity index (χ3n) is 1.34. The van der Waals surface area contributed by atoms with Gasteiger partial charge in [-0.1, -0.05) is 12.8 Å². The molecular weight excluding hydrogens is 237 g/mol. The molecule has 2 heteroatoms. The van der Waals surface area contributed by atoms with E-state index in [9.17, 15) is 0 Å². The van der Waals surface area contributed by atoms with Crippen LogP contribution < -0.4 is 3.53 Å². The van der Waals surface area contributed by atoms with Crippen LogP contribution in [0.2, 0.25) is 0 Å². The summed E-state index contributed by atoms with van der Waals surface area (Å²) in [6.45, 7) is 1.12. The highest BCUT2D eigenvalue weighted by Crippen LogP contribution is 2.01. The molecule has 0 aromatic heterocycles. The summed E-state index contributed by atoms with van der Waals surface area (Å²) in [5.41, 5.74) is 0. The van der Waals surface area contributed by atoms with Gasteiger partial charge in [0, 0.05) is 35.8 Å². The zero-order chi connectivity index (χ0) is 7.66. The Morgan fingerprint density at radius 3 is 2.50 bits per heavy atom. The highest BCUT2D eigenvalue weighted by molar-refractivity contribution is 14.1. The molecule has 0 aliphatic rings. The Hall–Kier alpha value is 0.250. The van der Waals surface area contributed by atoms with Crippen LogP contribution in [0.1, 0.15) is 32.1 Å². The average Bonchev–Trinajstić information content (AvgIpc) is 1.97. The van der Waals surface area contributed by atoms with E-state index in [-0.39, 0.29) is 0 Å². The molecule has 0 spiro atoms. The zero-order valence-corrected chi connectivity index (χ0v) is 8.36. The van der Waals surface area contributed by atoms with Crippen molar-refractivity contribution in [1.29, 1.82) is 0 Å². The Labute approximate surface area is 77.5 Å². The van der Waals surface area contributed by atoms with Gasteiger partial charge >= 0.3 is 0 Å². The van der Waals surface area contributed by atoms with E-state index in [4.69, 9.17) is 6.42 Å². The summed E-state index contributed by atoms with van der Waals surface area (Å²) in [4.78, 5) is 0. The number of rotatable bonds is 6. The van der Waals surface area contributed by atoms with Crippen molar-refractivity contribution in [2.24, 2.45) is 0 Å². The molecule has 1 nitrogen and oxygen atoms in total. The van der Waals surface area contributed by atoms with E-state index in [0.717, 1.165) is 13.0 Å². The molecule has 1 N–H and O–H groups in total. The van der Waals surface area contributed by atoms with Crippen molar-refractivity contribution >= 4 is 22.9 Å². The third-order valence-corrected chi connectivity index (χ3v) is 1.88. The second-order valence-corrected chi connectivity index (χ2v) is 3.01. The average molecular weight is 251 g/mol. The van der Waals surface area contributed by atoms with Gasteiger partial charge in [0.25, 0.3) is 0 Å². The van der Waals surface area contributed by atoms with Crippen LogP contribution in [0.15, 0.2) is 0 Å². The summed E-state index contributed by atoms with van der Waals surface area (Å²) in [7, 11) is 0. The van der Waals surface area contributed by atoms with E-state index >= 15 is 0 Å². The van der Waals surface area contributed by atoms with Crippen LogP contribution in [0, 0.1) is 12.3 Å². The van der Waals surface area contributed by atoms with Gasteiger partial charge in [-0.3, -0.25) is 3.53 Å². The maximum absolute atomic E-state index is 5.11. The van der Waals surface area contributed by atoms with Gasteiger partial charge in [0.05, 0.1) is 0 Å². The quantitative estimate of drug-likeness (QED) is 0.331. The van der Waals surface area contributed by atoms with Gasteiger partial charge in [0.2, 0.25) is 0 Å². The standard InChI is InChI=1S/C8H14IN/c1-2-3-4-5-6-7-8-10-9/h1,10H,3-8H2. The molecule has 0 aliphatic carbocycles. The Kier molecular flexibility index (Phi) is 9.48. The summed E-state index contributed by atoms with van der Waals surface area (Å²) in [6.07, 6.45) is 11.1. The molecular formula is C8H14IN. The number of halogens is 1. The number of hydrogen-bond donors (Lipinski definition) is 1. The van der Waals surface area contributed by atoms with Crippen molar-refractivity contribution in [2.45, 2.75) is 32.1 Å². The van der Waals surface area contributed by atoms with Crippen molar-refractivity contribution in [3.05, 3.63) is 0 Å². The molecule has 0 fully saturated rings. The van der Waals surface area contributed by atoms with Crippen LogP contribution in [-0.4, -0.2) is 6.54 Å². The second kappa shape index (κ2) is 9.25. The predicted molar refractivity (Wildman–Crippen MR) is 53.9 cm³/mol. The van der Waals surface area contributed by atoms with Gasteiger partial charge in [-0.15, -0.1) is 12.3 Å². The monoisotopic (exact) mass is 251 g/mol. The summed E-state index contributed by atoms with van der Waals surface area (Å²) < 4.78 is 3.09. The van der Waals surface area contributed by atoms with Gasteiger partial charge < -0.3 is 0 Å². The molecule has 10 heavy (non-hydrogen) atoms. The summed E-state index contributed by atoms with van der Waals surface area (Å²) in [5, 5.41) is 0. The smallest absolute Gasteiger partial charge is 0.0169 e. The molecule has 0 aromatic rings. The number of unbranched alkanes of at least 4 members (excludes halogenated alkanes) is 4. The van der Waals surface area contributed by atoms with Crippen molar-refractivity contribution in [3.8, 4) is 12.3 Å². The van der Waals surface area contributed by atoms with Gasteiger partial charge in [-0.05, 0) is 12.8 Å². The van der Waals surface area contributed by atoms with Crippen LogP contribution in [0.5, 0.6) is 0 Å². The van der Waals surface area contributed by atoms with Crippen molar-refractivity contribution < 1.29 is 0 Å². The summed E-state index contributed by atoms with van der Waals surface area (Å²) in [5.74, 6) is 2.64.